The number of nitrogens with two attached hydrogens (primary N) is 1. The Hall–Kier alpha value is -1.16. The Morgan fingerprint density at radius 2 is 1.88 bits per heavy atom. The third kappa shape index (κ3) is 2.70. The Balaban J connectivity index is 2.95. The second-order valence-corrected chi connectivity index (χ2v) is 4.51. The highest BCUT2D eigenvalue weighted by Crippen LogP contribution is 2.25. The summed E-state index contributed by atoms with van der Waals surface area (Å²) in [5.41, 5.74) is 5.99. The number of hydrogen-bond donors (Lipinski definition) is 1. The molecule has 1 aromatic carbocycles. The lowest BCUT2D eigenvalue weighted by atomic mass is 9.98. The molecule has 0 aliphatic rings. The number of rotatable bonds is 4. The minimum absolute atomic E-state index is 0.182. The van der Waals surface area contributed by atoms with Gasteiger partial charge in [0.15, 0.2) is 11.6 Å². The van der Waals surface area contributed by atoms with Gasteiger partial charge in [-0.25, -0.2) is 8.78 Å². The standard InChI is InChI=1S/C12H18F2N2/c1-12(2,6-7-15)16(3)9-4-5-10(13)11(14)8-9/h4-5,8H,6-7,15H2,1-3H3. The van der Waals surface area contributed by atoms with E-state index in [0.29, 0.717) is 12.2 Å². The molecular formula is C12H18F2N2. The Labute approximate surface area is 95.1 Å². The summed E-state index contributed by atoms with van der Waals surface area (Å²) in [6, 6.07) is 3.91. The van der Waals surface area contributed by atoms with E-state index in [4.69, 9.17) is 5.73 Å². The Morgan fingerprint density at radius 1 is 1.25 bits per heavy atom. The van der Waals surface area contributed by atoms with Crippen LogP contribution in [-0.2, 0) is 0 Å². The molecular weight excluding hydrogens is 210 g/mol. The lowest BCUT2D eigenvalue weighted by Gasteiger charge is -2.37. The molecule has 4 heteroatoms. The van der Waals surface area contributed by atoms with Crippen LogP contribution in [0.3, 0.4) is 0 Å². The van der Waals surface area contributed by atoms with E-state index < -0.39 is 11.6 Å². The van der Waals surface area contributed by atoms with Crippen molar-refractivity contribution in [2.45, 2.75) is 25.8 Å². The summed E-state index contributed by atoms with van der Waals surface area (Å²) in [6.07, 6.45) is 0.780. The molecule has 0 atom stereocenters. The van der Waals surface area contributed by atoms with E-state index in [-0.39, 0.29) is 5.54 Å². The number of benzene rings is 1. The van der Waals surface area contributed by atoms with Crippen LogP contribution in [0.4, 0.5) is 14.5 Å². The van der Waals surface area contributed by atoms with Gasteiger partial charge in [-0.15, -0.1) is 0 Å². The first-order valence-corrected chi connectivity index (χ1v) is 5.27. The SMILES string of the molecule is CN(c1ccc(F)c(F)c1)C(C)(C)CCN. The summed E-state index contributed by atoms with van der Waals surface area (Å²) >= 11 is 0. The number of nitrogens with zero attached hydrogens (tertiary/aromatic N) is 1. The average Bonchev–Trinajstić information content (AvgIpc) is 2.21. The first-order chi connectivity index (χ1) is 7.38. The number of halogens is 2. The maximum atomic E-state index is 13.1. The van der Waals surface area contributed by atoms with Crippen LogP contribution in [-0.4, -0.2) is 19.1 Å². The number of hydrogen-bond acceptors (Lipinski definition) is 2. The highest BCUT2D eigenvalue weighted by atomic mass is 19.2. The van der Waals surface area contributed by atoms with Crippen LogP contribution >= 0.6 is 0 Å². The molecule has 0 fully saturated rings. The summed E-state index contributed by atoms with van der Waals surface area (Å²) in [4.78, 5) is 1.91. The van der Waals surface area contributed by atoms with Crippen LogP contribution in [0.15, 0.2) is 18.2 Å². The van der Waals surface area contributed by atoms with Crippen molar-refractivity contribution in [1.82, 2.24) is 0 Å². The van der Waals surface area contributed by atoms with E-state index in [9.17, 15) is 8.78 Å². The average molecular weight is 228 g/mol. The van der Waals surface area contributed by atoms with Gasteiger partial charge >= 0.3 is 0 Å². The van der Waals surface area contributed by atoms with E-state index in [1.54, 1.807) is 6.07 Å². The van der Waals surface area contributed by atoms with Crippen LogP contribution in [0.25, 0.3) is 0 Å². The Morgan fingerprint density at radius 3 is 2.38 bits per heavy atom. The number of anilines is 1. The van der Waals surface area contributed by atoms with Crippen LogP contribution in [0, 0.1) is 11.6 Å². The molecule has 1 aromatic rings. The summed E-state index contributed by atoms with van der Waals surface area (Å²) in [6.45, 7) is 4.59. The van der Waals surface area contributed by atoms with Crippen molar-refractivity contribution in [3.05, 3.63) is 29.8 Å². The van der Waals surface area contributed by atoms with Crippen LogP contribution in [0.5, 0.6) is 0 Å². The normalized spacial score (nSPS) is 11.6. The molecule has 0 radical (unpaired) electrons. The van der Waals surface area contributed by atoms with Gasteiger partial charge in [0.2, 0.25) is 0 Å². The molecule has 1 rings (SSSR count). The summed E-state index contributed by atoms with van der Waals surface area (Å²) < 4.78 is 25.9. The molecule has 2 N–H and O–H groups in total. The summed E-state index contributed by atoms with van der Waals surface area (Å²) in [7, 11) is 1.85. The molecule has 0 aromatic heterocycles. The van der Waals surface area contributed by atoms with Crippen LogP contribution < -0.4 is 10.6 Å². The third-order valence-corrected chi connectivity index (χ3v) is 2.95. The van der Waals surface area contributed by atoms with Gasteiger partial charge in [0.1, 0.15) is 0 Å². The summed E-state index contributed by atoms with van der Waals surface area (Å²) in [5.74, 6) is -1.65. The monoisotopic (exact) mass is 228 g/mol. The molecule has 0 bridgehead atoms. The van der Waals surface area contributed by atoms with E-state index in [0.717, 1.165) is 12.5 Å². The zero-order valence-corrected chi connectivity index (χ0v) is 9.93. The molecule has 0 aliphatic carbocycles. The van der Waals surface area contributed by atoms with E-state index >= 15 is 0 Å². The van der Waals surface area contributed by atoms with Crippen LogP contribution in [0.2, 0.25) is 0 Å². The van der Waals surface area contributed by atoms with Gasteiger partial charge < -0.3 is 10.6 Å². The molecule has 2 nitrogen and oxygen atoms in total. The lowest BCUT2D eigenvalue weighted by Crippen LogP contribution is -2.42. The fourth-order valence-corrected chi connectivity index (χ4v) is 1.56. The minimum atomic E-state index is -0.826. The van der Waals surface area contributed by atoms with E-state index in [1.165, 1.54) is 6.07 Å². The largest absolute Gasteiger partial charge is 0.369 e. The molecule has 0 unspecified atom stereocenters. The highest BCUT2D eigenvalue weighted by molar-refractivity contribution is 5.48. The van der Waals surface area contributed by atoms with E-state index in [2.05, 4.69) is 0 Å². The maximum absolute atomic E-state index is 13.1. The molecule has 0 amide bonds. The highest BCUT2D eigenvalue weighted by Gasteiger charge is 2.23. The molecule has 16 heavy (non-hydrogen) atoms. The zero-order chi connectivity index (χ0) is 12.3. The topological polar surface area (TPSA) is 29.3 Å². The van der Waals surface area contributed by atoms with Crippen molar-refractivity contribution < 1.29 is 8.78 Å². The summed E-state index contributed by atoms with van der Waals surface area (Å²) in [5, 5.41) is 0. The molecule has 90 valence electrons. The Kier molecular flexibility index (Phi) is 3.86. The van der Waals surface area contributed by atoms with Crippen molar-refractivity contribution in [3.8, 4) is 0 Å². The third-order valence-electron chi connectivity index (χ3n) is 2.95. The zero-order valence-electron chi connectivity index (χ0n) is 9.93. The van der Waals surface area contributed by atoms with E-state index in [1.807, 2.05) is 25.8 Å². The molecule has 0 aliphatic heterocycles. The molecule has 0 saturated carbocycles. The van der Waals surface area contributed by atoms with Gasteiger partial charge in [0.05, 0.1) is 0 Å². The van der Waals surface area contributed by atoms with Gasteiger partial charge in [0, 0.05) is 24.3 Å². The first kappa shape index (κ1) is 12.9. The van der Waals surface area contributed by atoms with Crippen molar-refractivity contribution in [2.75, 3.05) is 18.5 Å². The smallest absolute Gasteiger partial charge is 0.160 e. The van der Waals surface area contributed by atoms with Crippen molar-refractivity contribution in [2.24, 2.45) is 5.73 Å². The van der Waals surface area contributed by atoms with Gasteiger partial charge in [0.25, 0.3) is 0 Å². The van der Waals surface area contributed by atoms with Gasteiger partial charge in [-0.3, -0.25) is 0 Å². The maximum Gasteiger partial charge on any atom is 0.160 e. The molecule has 0 spiro atoms. The second kappa shape index (κ2) is 4.78. The first-order valence-electron chi connectivity index (χ1n) is 5.27. The lowest BCUT2D eigenvalue weighted by molar-refractivity contribution is 0.453. The van der Waals surface area contributed by atoms with Crippen molar-refractivity contribution >= 4 is 5.69 Å². The van der Waals surface area contributed by atoms with Crippen LogP contribution in [0.1, 0.15) is 20.3 Å². The molecule has 0 heterocycles. The Bertz CT molecular complexity index is 364. The second-order valence-electron chi connectivity index (χ2n) is 4.51. The fourth-order valence-electron chi connectivity index (χ4n) is 1.56. The van der Waals surface area contributed by atoms with Gasteiger partial charge in [-0.05, 0) is 38.9 Å². The predicted molar refractivity (Wildman–Crippen MR) is 62.5 cm³/mol. The molecule has 0 saturated heterocycles. The quantitative estimate of drug-likeness (QED) is 0.858. The van der Waals surface area contributed by atoms with Gasteiger partial charge in [-0.2, -0.15) is 0 Å². The van der Waals surface area contributed by atoms with Crippen molar-refractivity contribution in [1.29, 1.82) is 0 Å². The fraction of sp³-hybridized carbons (Fsp3) is 0.500. The minimum Gasteiger partial charge on any atom is -0.369 e. The van der Waals surface area contributed by atoms with Crippen molar-refractivity contribution in [3.63, 3.8) is 0 Å². The predicted octanol–water partition coefficient (Wildman–Crippen LogP) is 2.53. The van der Waals surface area contributed by atoms with Gasteiger partial charge in [-0.1, -0.05) is 0 Å².